The fourth-order valence-corrected chi connectivity index (χ4v) is 3.77. The molecule has 0 bridgehead atoms. The molecule has 2 aliphatic carbocycles. The van der Waals surface area contributed by atoms with E-state index in [-0.39, 0.29) is 12.0 Å². The molecule has 1 N–H and O–H groups in total. The molecule has 2 aliphatic rings. The van der Waals surface area contributed by atoms with E-state index in [2.05, 4.69) is 29.7 Å². The minimum atomic E-state index is -0.510. The molecule has 4 nitrogen and oxygen atoms in total. The van der Waals surface area contributed by atoms with E-state index in [0.29, 0.717) is 6.61 Å². The lowest BCUT2D eigenvalue weighted by atomic mass is 9.98. The molecule has 24 heavy (non-hydrogen) atoms. The van der Waals surface area contributed by atoms with Gasteiger partial charge in [-0.3, -0.25) is 4.84 Å². The summed E-state index contributed by atoms with van der Waals surface area (Å²) in [6.45, 7) is 0.313. The highest BCUT2D eigenvalue weighted by Crippen LogP contribution is 2.44. The van der Waals surface area contributed by atoms with Crippen LogP contribution in [0.15, 0.2) is 48.5 Å². The second kappa shape index (κ2) is 6.65. The van der Waals surface area contributed by atoms with Crippen LogP contribution in [0, 0.1) is 0 Å². The zero-order chi connectivity index (χ0) is 16.4. The fraction of sp³-hybridized carbons (Fsp3) is 0.350. The van der Waals surface area contributed by atoms with Gasteiger partial charge in [0.1, 0.15) is 6.61 Å². The van der Waals surface area contributed by atoms with Crippen LogP contribution < -0.4 is 5.48 Å². The lowest BCUT2D eigenvalue weighted by Crippen LogP contribution is -2.30. The number of hydroxylamine groups is 1. The molecular weight excluding hydrogens is 302 g/mol. The number of fused-ring (bicyclic) bond motifs is 3. The van der Waals surface area contributed by atoms with Gasteiger partial charge in [0.15, 0.2) is 0 Å². The monoisotopic (exact) mass is 323 g/mol. The van der Waals surface area contributed by atoms with Crippen LogP contribution in [0.5, 0.6) is 0 Å². The van der Waals surface area contributed by atoms with Gasteiger partial charge in [-0.1, -0.05) is 61.4 Å². The van der Waals surface area contributed by atoms with Crippen molar-refractivity contribution in [2.24, 2.45) is 0 Å². The molecule has 0 radical (unpaired) electrons. The van der Waals surface area contributed by atoms with Crippen LogP contribution in [0.25, 0.3) is 11.1 Å². The maximum absolute atomic E-state index is 11.9. The fourth-order valence-electron chi connectivity index (χ4n) is 3.77. The van der Waals surface area contributed by atoms with Gasteiger partial charge in [-0.15, -0.1) is 0 Å². The van der Waals surface area contributed by atoms with Crippen molar-refractivity contribution in [1.82, 2.24) is 5.48 Å². The van der Waals surface area contributed by atoms with E-state index in [1.807, 2.05) is 24.3 Å². The van der Waals surface area contributed by atoms with Gasteiger partial charge >= 0.3 is 6.09 Å². The van der Waals surface area contributed by atoms with Crippen LogP contribution in [0.1, 0.15) is 42.7 Å². The molecule has 0 unspecified atom stereocenters. The van der Waals surface area contributed by atoms with Crippen molar-refractivity contribution in [3.05, 3.63) is 59.7 Å². The van der Waals surface area contributed by atoms with Gasteiger partial charge in [0.05, 0.1) is 6.10 Å². The predicted octanol–water partition coefficient (Wildman–Crippen LogP) is 4.40. The summed E-state index contributed by atoms with van der Waals surface area (Å²) in [6, 6.07) is 16.6. The topological polar surface area (TPSA) is 47.6 Å². The van der Waals surface area contributed by atoms with E-state index < -0.39 is 6.09 Å². The highest BCUT2D eigenvalue weighted by molar-refractivity contribution is 5.79. The smallest absolute Gasteiger partial charge is 0.431 e. The zero-order valence-electron chi connectivity index (χ0n) is 13.5. The third kappa shape index (κ3) is 2.89. The van der Waals surface area contributed by atoms with Crippen LogP contribution >= 0.6 is 0 Å². The molecule has 1 fully saturated rings. The first-order chi connectivity index (χ1) is 11.8. The number of hydrogen-bond donors (Lipinski definition) is 1. The van der Waals surface area contributed by atoms with Gasteiger partial charge in [-0.25, -0.2) is 4.79 Å². The summed E-state index contributed by atoms with van der Waals surface area (Å²) in [5, 5.41) is 0. The van der Waals surface area contributed by atoms with E-state index in [9.17, 15) is 4.79 Å². The molecule has 124 valence electrons. The number of carbonyl (C=O) groups is 1. The quantitative estimate of drug-likeness (QED) is 0.848. The van der Waals surface area contributed by atoms with Gasteiger partial charge in [0, 0.05) is 5.92 Å². The number of hydrogen-bond acceptors (Lipinski definition) is 3. The molecule has 0 aliphatic heterocycles. The van der Waals surface area contributed by atoms with E-state index in [4.69, 9.17) is 9.57 Å². The Labute approximate surface area is 141 Å². The van der Waals surface area contributed by atoms with Crippen molar-refractivity contribution in [3.63, 3.8) is 0 Å². The van der Waals surface area contributed by atoms with E-state index in [0.717, 1.165) is 25.7 Å². The van der Waals surface area contributed by atoms with E-state index >= 15 is 0 Å². The van der Waals surface area contributed by atoms with Crippen molar-refractivity contribution in [1.29, 1.82) is 0 Å². The molecule has 1 amide bonds. The normalized spacial score (nSPS) is 16.7. The summed E-state index contributed by atoms with van der Waals surface area (Å²) in [5.74, 6) is 0.0784. The maximum atomic E-state index is 11.9. The summed E-state index contributed by atoms with van der Waals surface area (Å²) in [4.78, 5) is 17.3. The van der Waals surface area contributed by atoms with E-state index in [1.165, 1.54) is 22.3 Å². The number of ether oxygens (including phenoxy) is 1. The second-order valence-electron chi connectivity index (χ2n) is 6.45. The summed E-state index contributed by atoms with van der Waals surface area (Å²) in [6.07, 6.45) is 3.95. The zero-order valence-corrected chi connectivity index (χ0v) is 13.5. The van der Waals surface area contributed by atoms with Crippen molar-refractivity contribution < 1.29 is 14.4 Å². The number of carbonyl (C=O) groups excluding carboxylic acids is 1. The Hall–Kier alpha value is -2.33. The Morgan fingerprint density at radius 2 is 1.54 bits per heavy atom. The van der Waals surface area contributed by atoms with Gasteiger partial charge in [-0.05, 0) is 35.1 Å². The first-order valence-electron chi connectivity index (χ1n) is 8.59. The van der Waals surface area contributed by atoms with E-state index in [1.54, 1.807) is 0 Å². The number of benzene rings is 2. The Morgan fingerprint density at radius 1 is 0.958 bits per heavy atom. The predicted molar refractivity (Wildman–Crippen MR) is 91.5 cm³/mol. The van der Waals surface area contributed by atoms with Crippen LogP contribution in [-0.2, 0) is 9.57 Å². The minimum Gasteiger partial charge on any atom is -0.447 e. The third-order valence-corrected chi connectivity index (χ3v) is 4.95. The molecule has 0 heterocycles. The van der Waals surface area contributed by atoms with Crippen LogP contribution in [0.4, 0.5) is 4.79 Å². The molecule has 2 aromatic carbocycles. The summed E-state index contributed by atoms with van der Waals surface area (Å²) in [5.41, 5.74) is 7.31. The third-order valence-electron chi connectivity index (χ3n) is 4.95. The van der Waals surface area contributed by atoms with Gasteiger partial charge < -0.3 is 4.74 Å². The van der Waals surface area contributed by atoms with Crippen molar-refractivity contribution in [3.8, 4) is 11.1 Å². The summed E-state index contributed by atoms with van der Waals surface area (Å²) < 4.78 is 5.42. The Kier molecular flexibility index (Phi) is 4.22. The SMILES string of the molecule is O=C(NOC1CCCC1)OCC1c2ccccc2-c2ccccc21. The average molecular weight is 323 g/mol. The molecule has 1 saturated carbocycles. The molecule has 0 saturated heterocycles. The number of nitrogens with one attached hydrogen (secondary N) is 1. The average Bonchev–Trinajstić information content (AvgIpc) is 3.25. The highest BCUT2D eigenvalue weighted by atomic mass is 16.7. The maximum Gasteiger partial charge on any atom is 0.431 e. The van der Waals surface area contributed by atoms with Gasteiger partial charge in [0.2, 0.25) is 0 Å². The van der Waals surface area contributed by atoms with Gasteiger partial charge in [-0.2, -0.15) is 5.48 Å². The molecule has 4 rings (SSSR count). The summed E-state index contributed by atoms with van der Waals surface area (Å²) >= 11 is 0. The van der Waals surface area contributed by atoms with Crippen molar-refractivity contribution in [2.75, 3.05) is 6.61 Å². The highest BCUT2D eigenvalue weighted by Gasteiger charge is 2.29. The van der Waals surface area contributed by atoms with Gasteiger partial charge in [0.25, 0.3) is 0 Å². The minimum absolute atomic E-state index is 0.0784. The standard InChI is InChI=1S/C20H21NO3/c22-20(21-24-14-7-1-2-8-14)23-13-19-17-11-5-3-9-15(17)16-10-4-6-12-18(16)19/h3-6,9-12,14,19H,1-2,7-8,13H2,(H,21,22). The largest absolute Gasteiger partial charge is 0.447 e. The van der Waals surface area contributed by atoms with Crippen LogP contribution in [0.2, 0.25) is 0 Å². The first kappa shape index (κ1) is 15.2. The second-order valence-corrected chi connectivity index (χ2v) is 6.45. The molecule has 0 atom stereocenters. The summed E-state index contributed by atoms with van der Waals surface area (Å²) in [7, 11) is 0. The number of amides is 1. The van der Waals surface area contributed by atoms with Crippen LogP contribution in [0.3, 0.4) is 0 Å². The first-order valence-corrected chi connectivity index (χ1v) is 8.59. The lowest BCUT2D eigenvalue weighted by molar-refractivity contribution is -0.0203. The van der Waals surface area contributed by atoms with Crippen molar-refractivity contribution >= 4 is 6.09 Å². The number of rotatable bonds is 4. The molecular formula is C20H21NO3. The molecule has 4 heteroatoms. The Morgan fingerprint density at radius 3 is 2.17 bits per heavy atom. The molecule has 2 aromatic rings. The molecule has 0 spiro atoms. The lowest BCUT2D eigenvalue weighted by Gasteiger charge is -2.15. The molecule has 0 aromatic heterocycles. The van der Waals surface area contributed by atoms with Crippen molar-refractivity contribution in [2.45, 2.75) is 37.7 Å². The van der Waals surface area contributed by atoms with Crippen LogP contribution in [-0.4, -0.2) is 18.8 Å². The Bertz CT molecular complexity index is 692. The Balaban J connectivity index is 1.42.